The van der Waals surface area contributed by atoms with Gasteiger partial charge < -0.3 is 72.2 Å². The van der Waals surface area contributed by atoms with Gasteiger partial charge >= 0.3 is 5.97 Å². The molecule has 12 N–H and O–H groups in total. The van der Waals surface area contributed by atoms with Crippen LogP contribution in [0.15, 0.2) is 124 Å². The van der Waals surface area contributed by atoms with Crippen LogP contribution in [0.5, 0.6) is 0 Å². The van der Waals surface area contributed by atoms with Gasteiger partial charge in [-0.2, -0.15) is 0 Å². The molecule has 34 heteroatoms. The summed E-state index contributed by atoms with van der Waals surface area (Å²) in [5.74, 6) is -11.7. The normalized spacial score (nSPS) is 16.1. The Morgan fingerprint density at radius 1 is 0.667 bits per heavy atom. The number of carbonyl (C=O) groups is 11. The third-order valence-electron chi connectivity index (χ3n) is 11.4. The lowest BCUT2D eigenvalue weighted by Gasteiger charge is -2.20. The number of carboxylic acid groups (broad SMARTS) is 1. The van der Waals surface area contributed by atoms with E-state index in [0.29, 0.717) is 16.4 Å². The number of aliphatic hydroxyl groups is 1. The molecule has 1 aliphatic heterocycles. The van der Waals surface area contributed by atoms with Crippen LogP contribution in [0, 0.1) is 0 Å². The summed E-state index contributed by atoms with van der Waals surface area (Å²) in [7, 11) is 0. The highest BCUT2D eigenvalue weighted by Crippen LogP contribution is 2.34. The second kappa shape index (κ2) is 27.4. The van der Waals surface area contributed by atoms with Gasteiger partial charge in [-0.05, 0) is 32.4 Å². The predicted octanol–water partition coefficient (Wildman–Crippen LogP) is 1.79. The first-order chi connectivity index (χ1) is 41.2. The smallest absolute Gasteiger partial charge is 0.351 e. The van der Waals surface area contributed by atoms with E-state index in [1.807, 2.05) is 10.6 Å². The SMILES string of the molecule is C=C(NC(=O)C(=C)NC(=O)C(=C)NC(=O)C(=C)NC(=O)c1ccc2c(n1)-c1coc(n1)C(=C)NC(=O)C(=C)NC(=O)c1csc(n1)C(C)NC(=O)c1csc(n1)CNC(=O)c1coc(n1)/C(=C\CC)NC(=O)C(C(C)O)NC(=O)c1csc-2n1)C(=O)O. The zero-order chi connectivity index (χ0) is 63.6. The van der Waals surface area contributed by atoms with Crippen LogP contribution >= 0.6 is 34.0 Å². The van der Waals surface area contributed by atoms with Crippen LogP contribution in [0.2, 0.25) is 0 Å². The van der Waals surface area contributed by atoms with Gasteiger partial charge in [-0.1, -0.05) is 52.5 Å². The number of allylic oxidation sites excluding steroid dienone is 1. The highest BCUT2D eigenvalue weighted by atomic mass is 32.1. The number of nitrogens with one attached hydrogen (secondary N) is 10. The van der Waals surface area contributed by atoms with Gasteiger partial charge in [0.25, 0.3) is 53.2 Å². The molecule has 0 aliphatic carbocycles. The summed E-state index contributed by atoms with van der Waals surface area (Å²) >= 11 is 3.00. The molecule has 10 amide bonds. The Kier molecular flexibility index (Phi) is 20.0. The minimum atomic E-state index is -1.63. The van der Waals surface area contributed by atoms with Gasteiger partial charge in [0.1, 0.15) is 79.1 Å². The summed E-state index contributed by atoms with van der Waals surface area (Å²) in [5.41, 5.74) is -4.68. The number of rotatable bonds is 11. The zero-order valence-electron chi connectivity index (χ0n) is 45.6. The summed E-state index contributed by atoms with van der Waals surface area (Å²) in [5, 5.41) is 47.9. The largest absolute Gasteiger partial charge is 0.477 e. The van der Waals surface area contributed by atoms with Crippen molar-refractivity contribution in [1.29, 1.82) is 0 Å². The summed E-state index contributed by atoms with van der Waals surface area (Å²) in [4.78, 5) is 170. The van der Waals surface area contributed by atoms with E-state index in [1.165, 1.54) is 41.3 Å². The van der Waals surface area contributed by atoms with Gasteiger partial charge in [0.05, 0.1) is 47.2 Å². The lowest BCUT2D eigenvalue weighted by molar-refractivity contribution is -0.134. The standard InChI is InChI=1S/C53H48N16O15S3/c1-10-11-30-50-66-32(16-84-50)43(75)54-14-36-62-33(17-85-36)45(77)60-25(7)51-67-34(18-86-51)46(78)58-23(5)41(73)59-24(6)49-65-31(15-83-49)38-28(52-68-35(19-87-52)47(79)69-37(27(9)70)48(80)64-30)12-13-29(63-38)44(76)57-22(4)40(72)55-20(2)39(71)56-21(3)42(74)61-26(8)53(81)82/h11-13,15-19,25,27,37,70H,2-6,8,10,14H2,1,7,9H3,(H,54,75)(H,55,72)(H,56,71)(H,57,76)(H,58,78)(H,59,73)(H,60,77)(H,61,74)(H,64,80)(H,69,79)(H,81,82)/b30-11+. The van der Waals surface area contributed by atoms with Crippen LogP contribution in [-0.4, -0.2) is 117 Å². The average Bonchev–Trinajstić information content (AvgIpc) is 2.00. The van der Waals surface area contributed by atoms with Crippen molar-refractivity contribution in [2.45, 2.75) is 51.9 Å². The molecule has 0 aromatic carbocycles. The van der Waals surface area contributed by atoms with E-state index < -0.39 is 117 Å². The molecule has 0 saturated heterocycles. The molecule has 31 nitrogen and oxygen atoms in total. The van der Waals surface area contributed by atoms with Crippen molar-refractivity contribution < 1.29 is 71.8 Å². The number of hydrogen-bond acceptors (Lipinski definition) is 23. The minimum absolute atomic E-state index is 0.0174. The number of aliphatic hydroxyl groups excluding tert-OH is 1. The van der Waals surface area contributed by atoms with Crippen LogP contribution in [-0.2, 0) is 35.3 Å². The molecular formula is C53H48N16O15S3. The predicted molar refractivity (Wildman–Crippen MR) is 308 cm³/mol. The summed E-state index contributed by atoms with van der Waals surface area (Å²) in [6.07, 6.45) is 2.40. The second-order valence-electron chi connectivity index (χ2n) is 17.9. The van der Waals surface area contributed by atoms with Gasteiger partial charge in [0.2, 0.25) is 17.7 Å². The lowest BCUT2D eigenvalue weighted by atomic mass is 10.1. The molecule has 87 heavy (non-hydrogen) atoms. The molecule has 0 radical (unpaired) electrons. The molecule has 448 valence electrons. The maximum Gasteiger partial charge on any atom is 0.351 e. The Bertz CT molecular complexity index is 3970. The molecule has 7 heterocycles. The van der Waals surface area contributed by atoms with E-state index in [9.17, 15) is 57.8 Å². The summed E-state index contributed by atoms with van der Waals surface area (Å²) in [6.45, 7) is 25.3. The lowest BCUT2D eigenvalue weighted by Crippen LogP contribution is -2.52. The number of oxazole rings is 2. The Morgan fingerprint density at radius 3 is 1.91 bits per heavy atom. The number of nitrogens with zero attached hydrogens (tertiary/aromatic N) is 6. The van der Waals surface area contributed by atoms with E-state index in [1.54, 1.807) is 13.8 Å². The molecule has 3 unspecified atom stereocenters. The molecule has 0 saturated carbocycles. The number of aliphatic carboxylic acids is 1. The average molecular weight is 1250 g/mol. The molecular weight excluding hydrogens is 1200 g/mol. The fraction of sp³-hybridized carbons (Fsp3) is 0.151. The van der Waals surface area contributed by atoms with Crippen molar-refractivity contribution in [3.8, 4) is 22.0 Å². The Hall–Kier alpha value is -11.2. The number of carboxylic acids is 1. The monoisotopic (exact) mass is 1240 g/mol. The van der Waals surface area contributed by atoms with E-state index in [0.717, 1.165) is 46.5 Å². The molecule has 0 fully saturated rings. The number of carbonyl (C=O) groups excluding carboxylic acids is 10. The first kappa shape index (κ1) is 63.4. The van der Waals surface area contributed by atoms with Crippen LogP contribution in [0.1, 0.15) is 107 Å². The van der Waals surface area contributed by atoms with Crippen molar-refractivity contribution in [2.75, 3.05) is 0 Å². The van der Waals surface area contributed by atoms with Crippen LogP contribution in [0.25, 0.3) is 33.4 Å². The highest BCUT2D eigenvalue weighted by Gasteiger charge is 2.31. The zero-order valence-corrected chi connectivity index (χ0v) is 48.1. The van der Waals surface area contributed by atoms with E-state index in [2.05, 4.69) is 112 Å². The number of aromatic nitrogens is 6. The van der Waals surface area contributed by atoms with Gasteiger partial charge in [-0.15, -0.1) is 34.0 Å². The number of hydrogen-bond donors (Lipinski definition) is 12. The fourth-order valence-corrected chi connectivity index (χ4v) is 9.30. The van der Waals surface area contributed by atoms with Gasteiger partial charge in [0.15, 0.2) is 5.69 Å². The molecule has 0 spiro atoms. The first-order valence-corrected chi connectivity index (χ1v) is 27.5. The van der Waals surface area contributed by atoms with Crippen molar-refractivity contribution in [3.63, 3.8) is 0 Å². The maximum absolute atomic E-state index is 13.9. The molecule has 10 bridgehead atoms. The van der Waals surface area contributed by atoms with Gasteiger partial charge in [-0.25, -0.2) is 34.7 Å². The number of amides is 10. The Balaban J connectivity index is 1.16. The third-order valence-corrected chi connectivity index (χ3v) is 14.1. The van der Waals surface area contributed by atoms with E-state index in [4.69, 9.17) is 13.9 Å². The van der Waals surface area contributed by atoms with Crippen LogP contribution < -0.4 is 53.2 Å². The highest BCUT2D eigenvalue weighted by molar-refractivity contribution is 7.13. The minimum Gasteiger partial charge on any atom is -0.477 e. The first-order valence-electron chi connectivity index (χ1n) is 24.8. The van der Waals surface area contributed by atoms with Crippen molar-refractivity contribution in [2.24, 2.45) is 0 Å². The molecule has 6 aromatic heterocycles. The fourth-order valence-electron chi connectivity index (χ4n) is 6.96. The van der Waals surface area contributed by atoms with E-state index >= 15 is 0 Å². The summed E-state index contributed by atoms with van der Waals surface area (Å²) < 4.78 is 11.2. The molecule has 3 atom stereocenters. The van der Waals surface area contributed by atoms with E-state index in [-0.39, 0.29) is 74.5 Å². The third kappa shape index (κ3) is 15.7. The topological polar surface area (TPSA) is 452 Å². The molecule has 1 aliphatic rings. The van der Waals surface area contributed by atoms with Crippen molar-refractivity contribution in [1.82, 2.24) is 83.1 Å². The van der Waals surface area contributed by atoms with Gasteiger partial charge in [0, 0.05) is 21.7 Å². The summed E-state index contributed by atoms with van der Waals surface area (Å²) in [6, 6.07) is 0.147. The number of pyridine rings is 1. The number of thiazole rings is 3. The second-order valence-corrected chi connectivity index (χ2v) is 20.6. The quantitative estimate of drug-likeness (QED) is 0.0823. The van der Waals surface area contributed by atoms with Crippen molar-refractivity contribution in [3.05, 3.63) is 165 Å². The number of fused-ring (bicyclic) bond motifs is 13. The Morgan fingerprint density at radius 2 is 1.24 bits per heavy atom. The van der Waals surface area contributed by atoms with Gasteiger partial charge in [-0.3, -0.25) is 47.9 Å². The van der Waals surface area contributed by atoms with Crippen LogP contribution in [0.4, 0.5) is 0 Å². The maximum atomic E-state index is 13.9. The van der Waals surface area contributed by atoms with Crippen molar-refractivity contribution >= 4 is 110 Å². The Labute approximate surface area is 502 Å². The molecule has 7 rings (SSSR count). The van der Waals surface area contributed by atoms with Crippen LogP contribution in [0.3, 0.4) is 0 Å². The molecule has 6 aromatic rings.